The van der Waals surface area contributed by atoms with Crippen LogP contribution in [0.15, 0.2) is 29.0 Å². The Labute approximate surface area is 155 Å². The molecule has 2 aromatic rings. The number of amides is 1. The first-order chi connectivity index (χ1) is 12.4. The molecule has 1 aromatic carbocycles. The number of rotatable bonds is 4. The zero-order chi connectivity index (χ0) is 18.3. The Kier molecular flexibility index (Phi) is 4.51. The number of piperidine rings is 2. The summed E-state index contributed by atoms with van der Waals surface area (Å²) in [6, 6.07) is 6.96. The second-order valence-electron chi connectivity index (χ2n) is 8.79. The van der Waals surface area contributed by atoms with Gasteiger partial charge in [-0.15, -0.1) is 0 Å². The summed E-state index contributed by atoms with van der Waals surface area (Å²) in [5.41, 5.74) is 1.61. The first-order valence-electron chi connectivity index (χ1n) is 9.79. The highest BCUT2D eigenvalue weighted by Crippen LogP contribution is 2.39. The molecule has 1 N–H and O–H groups in total. The molecule has 0 radical (unpaired) electrons. The number of hydrogen-bond donors (Lipinski definition) is 1. The summed E-state index contributed by atoms with van der Waals surface area (Å²) >= 11 is 0. The lowest BCUT2D eigenvalue weighted by molar-refractivity contribution is 0.0270. The van der Waals surface area contributed by atoms with Crippen LogP contribution >= 0.6 is 0 Å². The van der Waals surface area contributed by atoms with Crippen molar-refractivity contribution in [1.29, 1.82) is 0 Å². The lowest BCUT2D eigenvalue weighted by Crippen LogP contribution is -2.52. The maximum Gasteiger partial charge on any atom is 0.255 e. The molecule has 140 valence electrons. The highest BCUT2D eigenvalue weighted by molar-refractivity contribution is 6.04. The van der Waals surface area contributed by atoms with Gasteiger partial charge in [0.2, 0.25) is 0 Å². The number of nitrogens with zero attached hydrogens (tertiary/aromatic N) is 2. The van der Waals surface area contributed by atoms with Crippen LogP contribution in [0.1, 0.15) is 62.7 Å². The minimum absolute atomic E-state index is 0.0783. The predicted molar refractivity (Wildman–Crippen MR) is 102 cm³/mol. The summed E-state index contributed by atoms with van der Waals surface area (Å²) < 4.78 is 5.42. The monoisotopic (exact) mass is 355 g/mol. The van der Waals surface area contributed by atoms with Gasteiger partial charge in [-0.05, 0) is 71.0 Å². The second kappa shape index (κ2) is 6.69. The summed E-state index contributed by atoms with van der Waals surface area (Å²) in [6.07, 6.45) is 8.94. The Balaban J connectivity index is 1.44. The molecule has 2 atom stereocenters. The highest BCUT2D eigenvalue weighted by Gasteiger charge is 2.38. The van der Waals surface area contributed by atoms with E-state index in [4.69, 9.17) is 4.42 Å². The van der Waals surface area contributed by atoms with Crippen molar-refractivity contribution >= 4 is 17.0 Å². The number of aromatic nitrogens is 1. The fourth-order valence-electron chi connectivity index (χ4n) is 5.11. The van der Waals surface area contributed by atoms with Crippen LogP contribution in [0.2, 0.25) is 0 Å². The SMILES string of the molecule is CN1C2CCCC1CC(CC(C)(C)NC(=O)c1cccc3ncoc13)C2. The molecule has 2 saturated heterocycles. The van der Waals surface area contributed by atoms with Gasteiger partial charge in [0.25, 0.3) is 5.91 Å². The van der Waals surface area contributed by atoms with E-state index in [9.17, 15) is 4.79 Å². The highest BCUT2D eigenvalue weighted by atomic mass is 16.3. The van der Waals surface area contributed by atoms with Crippen molar-refractivity contribution in [2.24, 2.45) is 5.92 Å². The Morgan fingerprint density at radius 2 is 2.04 bits per heavy atom. The first kappa shape index (κ1) is 17.5. The fraction of sp³-hybridized carbons (Fsp3) is 0.619. The number of hydrogen-bond acceptors (Lipinski definition) is 4. The normalized spacial score (nSPS) is 26.8. The average molecular weight is 355 g/mol. The van der Waals surface area contributed by atoms with E-state index in [0.29, 0.717) is 17.1 Å². The van der Waals surface area contributed by atoms with Crippen LogP contribution in [-0.2, 0) is 0 Å². The van der Waals surface area contributed by atoms with Gasteiger partial charge in [-0.1, -0.05) is 12.5 Å². The van der Waals surface area contributed by atoms with Gasteiger partial charge >= 0.3 is 0 Å². The van der Waals surface area contributed by atoms with E-state index in [1.165, 1.54) is 38.5 Å². The van der Waals surface area contributed by atoms with E-state index in [1.807, 2.05) is 12.1 Å². The van der Waals surface area contributed by atoms with E-state index >= 15 is 0 Å². The van der Waals surface area contributed by atoms with Crippen molar-refractivity contribution in [3.63, 3.8) is 0 Å². The van der Waals surface area contributed by atoms with Crippen molar-refractivity contribution < 1.29 is 9.21 Å². The van der Waals surface area contributed by atoms with Crippen LogP contribution in [0, 0.1) is 5.92 Å². The van der Waals surface area contributed by atoms with Crippen LogP contribution in [-0.4, -0.2) is 40.5 Å². The topological polar surface area (TPSA) is 58.4 Å². The number of oxazole rings is 1. The van der Waals surface area contributed by atoms with Crippen LogP contribution in [0.4, 0.5) is 0 Å². The first-order valence-corrected chi connectivity index (χ1v) is 9.79. The van der Waals surface area contributed by atoms with Crippen molar-refractivity contribution in [2.45, 2.75) is 70.0 Å². The summed E-state index contributed by atoms with van der Waals surface area (Å²) in [5, 5.41) is 3.24. The molecule has 0 saturated carbocycles. The number of carbonyl (C=O) groups is 1. The Morgan fingerprint density at radius 3 is 2.77 bits per heavy atom. The molecule has 0 spiro atoms. The van der Waals surface area contributed by atoms with Gasteiger partial charge in [-0.25, -0.2) is 4.98 Å². The molecule has 0 aliphatic carbocycles. The maximum absolute atomic E-state index is 12.9. The zero-order valence-electron chi connectivity index (χ0n) is 16.0. The van der Waals surface area contributed by atoms with E-state index < -0.39 is 0 Å². The number of nitrogens with one attached hydrogen (secondary N) is 1. The Hall–Kier alpha value is -1.88. The quantitative estimate of drug-likeness (QED) is 0.901. The predicted octanol–water partition coefficient (Wildman–Crippen LogP) is 3.99. The summed E-state index contributed by atoms with van der Waals surface area (Å²) in [7, 11) is 2.29. The van der Waals surface area contributed by atoms with Crippen molar-refractivity contribution in [3.05, 3.63) is 30.2 Å². The van der Waals surface area contributed by atoms with E-state index in [0.717, 1.165) is 24.0 Å². The van der Waals surface area contributed by atoms with Gasteiger partial charge in [-0.3, -0.25) is 4.79 Å². The van der Waals surface area contributed by atoms with Gasteiger partial charge in [0.1, 0.15) is 5.52 Å². The number of fused-ring (bicyclic) bond motifs is 3. The largest absolute Gasteiger partial charge is 0.443 e. The molecule has 2 bridgehead atoms. The van der Waals surface area contributed by atoms with E-state index in [-0.39, 0.29) is 11.4 Å². The van der Waals surface area contributed by atoms with Gasteiger partial charge < -0.3 is 14.6 Å². The Bertz CT molecular complexity index is 783. The van der Waals surface area contributed by atoms with E-state index in [1.54, 1.807) is 6.07 Å². The lowest BCUT2D eigenvalue weighted by atomic mass is 9.74. The molecule has 4 rings (SSSR count). The molecule has 26 heavy (non-hydrogen) atoms. The minimum Gasteiger partial charge on any atom is -0.443 e. The van der Waals surface area contributed by atoms with Crippen LogP contribution in [0.3, 0.4) is 0 Å². The van der Waals surface area contributed by atoms with Crippen LogP contribution in [0.5, 0.6) is 0 Å². The maximum atomic E-state index is 12.9. The fourth-order valence-corrected chi connectivity index (χ4v) is 5.11. The summed E-state index contributed by atoms with van der Waals surface area (Å²) in [6.45, 7) is 4.28. The second-order valence-corrected chi connectivity index (χ2v) is 8.79. The summed E-state index contributed by atoms with van der Waals surface area (Å²) in [4.78, 5) is 19.6. The number of para-hydroxylation sites is 1. The molecule has 2 unspecified atom stereocenters. The van der Waals surface area contributed by atoms with Gasteiger partial charge in [-0.2, -0.15) is 0 Å². The number of benzene rings is 1. The molecule has 5 heteroatoms. The average Bonchev–Trinajstić information content (AvgIpc) is 3.03. The third kappa shape index (κ3) is 3.37. The summed E-state index contributed by atoms with van der Waals surface area (Å²) in [5.74, 6) is 0.600. The van der Waals surface area contributed by atoms with Crippen LogP contribution < -0.4 is 5.32 Å². The van der Waals surface area contributed by atoms with Crippen molar-refractivity contribution in [2.75, 3.05) is 7.05 Å². The van der Waals surface area contributed by atoms with Crippen molar-refractivity contribution in [3.8, 4) is 0 Å². The number of carbonyl (C=O) groups excluding carboxylic acids is 1. The molecular formula is C21H29N3O2. The molecule has 3 heterocycles. The third-order valence-corrected chi connectivity index (χ3v) is 6.29. The van der Waals surface area contributed by atoms with Crippen LogP contribution in [0.25, 0.3) is 11.1 Å². The molecule has 2 aliphatic heterocycles. The molecule has 1 amide bonds. The molecule has 5 nitrogen and oxygen atoms in total. The smallest absolute Gasteiger partial charge is 0.255 e. The lowest BCUT2D eigenvalue weighted by Gasteiger charge is -2.48. The van der Waals surface area contributed by atoms with E-state index in [2.05, 4.69) is 36.1 Å². The van der Waals surface area contributed by atoms with Gasteiger partial charge in [0, 0.05) is 17.6 Å². The van der Waals surface area contributed by atoms with Gasteiger partial charge in [0.15, 0.2) is 12.0 Å². The zero-order valence-corrected chi connectivity index (χ0v) is 16.0. The Morgan fingerprint density at radius 1 is 1.31 bits per heavy atom. The molecule has 1 aromatic heterocycles. The molecule has 2 aliphatic rings. The third-order valence-electron chi connectivity index (χ3n) is 6.29. The minimum atomic E-state index is -0.242. The van der Waals surface area contributed by atoms with Gasteiger partial charge in [0.05, 0.1) is 5.56 Å². The molecular weight excluding hydrogens is 326 g/mol. The molecule has 2 fully saturated rings. The standard InChI is InChI=1S/C21H29N3O2/c1-21(2,12-14-10-15-6-4-7-16(11-14)24(15)3)23-20(25)17-8-5-9-18-19(17)26-13-22-18/h5,8-9,13-16H,4,6-7,10-12H2,1-3H3,(H,23,25). The van der Waals surface area contributed by atoms with Crippen molar-refractivity contribution in [1.82, 2.24) is 15.2 Å².